The number of rotatable bonds is 9. The third-order valence-corrected chi connectivity index (χ3v) is 3.91. The van der Waals surface area contributed by atoms with Crippen LogP contribution in [0.3, 0.4) is 0 Å². The summed E-state index contributed by atoms with van der Waals surface area (Å²) in [5, 5.41) is 8.80. The smallest absolute Gasteiger partial charge is 0.416 e. The second-order valence-electron chi connectivity index (χ2n) is 5.92. The van der Waals surface area contributed by atoms with E-state index in [9.17, 15) is 18.0 Å². The first-order chi connectivity index (χ1) is 13.3. The van der Waals surface area contributed by atoms with Crippen molar-refractivity contribution in [3.05, 3.63) is 53.6 Å². The zero-order chi connectivity index (χ0) is 20.6. The largest absolute Gasteiger partial charge is 0.496 e. The molecular formula is C19H23F3N4O2. The number of halogens is 3. The fourth-order valence-electron chi connectivity index (χ4n) is 2.42. The predicted molar refractivity (Wildman–Crippen MR) is 103 cm³/mol. The second kappa shape index (κ2) is 9.84. The number of nitrogens with two attached hydrogens (primary N) is 1. The van der Waals surface area contributed by atoms with Crippen LogP contribution in [0.5, 0.6) is 5.75 Å². The zero-order valence-corrected chi connectivity index (χ0v) is 15.4. The Morgan fingerprint density at radius 2 is 1.71 bits per heavy atom. The number of hydrogen-bond acceptors (Lipinski definition) is 5. The molecule has 0 radical (unpaired) electrons. The van der Waals surface area contributed by atoms with Gasteiger partial charge in [-0.2, -0.15) is 13.2 Å². The number of carbonyl (C=O) groups is 1. The molecule has 1 amide bonds. The van der Waals surface area contributed by atoms with Crippen LogP contribution in [0, 0.1) is 0 Å². The Labute approximate surface area is 161 Å². The molecule has 5 N–H and O–H groups in total. The molecule has 0 fully saturated rings. The van der Waals surface area contributed by atoms with E-state index in [2.05, 4.69) is 16.0 Å². The fraction of sp³-hybridized carbons (Fsp3) is 0.316. The topological polar surface area (TPSA) is 88.4 Å². The Bertz CT molecular complexity index is 780. The minimum atomic E-state index is -4.36. The van der Waals surface area contributed by atoms with Gasteiger partial charge in [0.2, 0.25) is 0 Å². The highest BCUT2D eigenvalue weighted by Crippen LogP contribution is 2.29. The van der Waals surface area contributed by atoms with Crippen molar-refractivity contribution in [3.8, 4) is 5.75 Å². The quantitative estimate of drug-likeness (QED) is 0.386. The van der Waals surface area contributed by atoms with Crippen molar-refractivity contribution >= 4 is 17.3 Å². The first kappa shape index (κ1) is 21.4. The molecule has 0 saturated carbocycles. The van der Waals surface area contributed by atoms with Gasteiger partial charge in [-0.05, 0) is 55.4 Å². The number of amides is 1. The molecule has 152 valence electrons. The van der Waals surface area contributed by atoms with Gasteiger partial charge in [0.15, 0.2) is 0 Å². The van der Waals surface area contributed by atoms with Crippen molar-refractivity contribution in [3.63, 3.8) is 0 Å². The number of ether oxygens (including phenoxy) is 1. The molecule has 2 aromatic rings. The highest BCUT2D eigenvalue weighted by Gasteiger charge is 2.29. The molecule has 0 aromatic heterocycles. The van der Waals surface area contributed by atoms with Gasteiger partial charge in [0.05, 0.1) is 24.9 Å². The third-order valence-electron chi connectivity index (χ3n) is 3.91. The molecule has 0 bridgehead atoms. The standard InChI is InChI=1S/C19H23F3N4O2/c1-28-17-8-7-15(11-16(17)18(27)24-10-2-9-23)26-12-25-14-5-3-13(4-6-14)19(20,21)22/h3-8,11,25-26H,2,9-10,12,23H2,1H3,(H,24,27). The van der Waals surface area contributed by atoms with Crippen LogP contribution in [-0.2, 0) is 6.18 Å². The molecule has 2 aromatic carbocycles. The van der Waals surface area contributed by atoms with Crippen LogP contribution in [0.15, 0.2) is 42.5 Å². The number of alkyl halides is 3. The number of anilines is 2. The molecule has 0 aliphatic rings. The Kier molecular flexibility index (Phi) is 7.51. The summed E-state index contributed by atoms with van der Waals surface area (Å²) in [6, 6.07) is 9.79. The maximum Gasteiger partial charge on any atom is 0.416 e. The summed E-state index contributed by atoms with van der Waals surface area (Å²) in [7, 11) is 1.48. The summed E-state index contributed by atoms with van der Waals surface area (Å²) < 4.78 is 42.9. The Morgan fingerprint density at radius 3 is 2.32 bits per heavy atom. The summed E-state index contributed by atoms with van der Waals surface area (Å²) in [4.78, 5) is 12.3. The van der Waals surface area contributed by atoms with Crippen LogP contribution in [-0.4, -0.2) is 32.8 Å². The average molecular weight is 396 g/mol. The molecule has 9 heteroatoms. The minimum Gasteiger partial charge on any atom is -0.496 e. The lowest BCUT2D eigenvalue weighted by Gasteiger charge is -2.14. The van der Waals surface area contributed by atoms with Crippen LogP contribution in [0.25, 0.3) is 0 Å². The lowest BCUT2D eigenvalue weighted by atomic mass is 10.1. The molecule has 2 rings (SSSR count). The summed E-state index contributed by atoms with van der Waals surface area (Å²) in [6.07, 6.45) is -3.69. The first-order valence-corrected chi connectivity index (χ1v) is 8.66. The highest BCUT2D eigenvalue weighted by molar-refractivity contribution is 5.97. The summed E-state index contributed by atoms with van der Waals surface area (Å²) in [6.45, 7) is 1.20. The normalized spacial score (nSPS) is 11.0. The Balaban J connectivity index is 1.96. The van der Waals surface area contributed by atoms with Gasteiger partial charge in [0, 0.05) is 17.9 Å². The lowest BCUT2D eigenvalue weighted by molar-refractivity contribution is -0.137. The van der Waals surface area contributed by atoms with E-state index in [0.717, 1.165) is 12.1 Å². The minimum absolute atomic E-state index is 0.256. The molecule has 0 saturated heterocycles. The van der Waals surface area contributed by atoms with E-state index in [1.54, 1.807) is 18.2 Å². The molecule has 0 aliphatic heterocycles. The molecule has 28 heavy (non-hydrogen) atoms. The van der Waals surface area contributed by atoms with E-state index in [0.29, 0.717) is 42.2 Å². The monoisotopic (exact) mass is 396 g/mol. The number of hydrogen-bond donors (Lipinski definition) is 4. The number of benzene rings is 2. The second-order valence-corrected chi connectivity index (χ2v) is 5.92. The van der Waals surface area contributed by atoms with E-state index in [4.69, 9.17) is 10.5 Å². The molecule has 6 nitrogen and oxygen atoms in total. The molecule has 0 spiro atoms. The van der Waals surface area contributed by atoms with E-state index < -0.39 is 11.7 Å². The maximum atomic E-state index is 12.6. The Hall–Kier alpha value is -2.94. The SMILES string of the molecule is COc1ccc(NCNc2ccc(C(F)(F)F)cc2)cc1C(=O)NCCCN. The van der Waals surface area contributed by atoms with E-state index in [1.165, 1.54) is 19.2 Å². The molecular weight excluding hydrogens is 373 g/mol. The van der Waals surface area contributed by atoms with Gasteiger partial charge in [-0.3, -0.25) is 4.79 Å². The molecule has 0 aliphatic carbocycles. The van der Waals surface area contributed by atoms with Gasteiger partial charge in [0.25, 0.3) is 5.91 Å². The summed E-state index contributed by atoms with van der Waals surface area (Å²) in [5.74, 6) is 0.163. The van der Waals surface area contributed by atoms with Crippen molar-refractivity contribution in [2.75, 3.05) is 37.5 Å². The van der Waals surface area contributed by atoms with Crippen molar-refractivity contribution < 1.29 is 22.7 Å². The maximum absolute atomic E-state index is 12.6. The zero-order valence-electron chi connectivity index (χ0n) is 15.4. The van der Waals surface area contributed by atoms with E-state index in [1.807, 2.05) is 0 Å². The van der Waals surface area contributed by atoms with Crippen molar-refractivity contribution in [2.24, 2.45) is 5.73 Å². The molecule has 0 heterocycles. The van der Waals surface area contributed by atoms with Crippen LogP contribution >= 0.6 is 0 Å². The lowest BCUT2D eigenvalue weighted by Crippen LogP contribution is -2.26. The molecule has 0 unspecified atom stereocenters. The number of carbonyl (C=O) groups excluding carboxylic acids is 1. The van der Waals surface area contributed by atoms with Gasteiger partial charge in [-0.15, -0.1) is 0 Å². The molecule has 0 atom stereocenters. The fourth-order valence-corrected chi connectivity index (χ4v) is 2.42. The van der Waals surface area contributed by atoms with Crippen molar-refractivity contribution in [2.45, 2.75) is 12.6 Å². The van der Waals surface area contributed by atoms with Gasteiger partial charge in [0.1, 0.15) is 5.75 Å². The third kappa shape index (κ3) is 6.05. The van der Waals surface area contributed by atoms with E-state index in [-0.39, 0.29) is 12.6 Å². The Morgan fingerprint density at radius 1 is 1.07 bits per heavy atom. The van der Waals surface area contributed by atoms with Crippen molar-refractivity contribution in [1.29, 1.82) is 0 Å². The first-order valence-electron chi connectivity index (χ1n) is 8.66. The van der Waals surface area contributed by atoms with Gasteiger partial charge < -0.3 is 26.4 Å². The van der Waals surface area contributed by atoms with E-state index >= 15 is 0 Å². The van der Waals surface area contributed by atoms with Crippen molar-refractivity contribution in [1.82, 2.24) is 5.32 Å². The summed E-state index contributed by atoms with van der Waals surface area (Å²) in [5.41, 5.74) is 6.28. The van der Waals surface area contributed by atoms with Gasteiger partial charge in [-0.25, -0.2) is 0 Å². The van der Waals surface area contributed by atoms with Gasteiger partial charge in [-0.1, -0.05) is 0 Å². The number of nitrogens with one attached hydrogen (secondary N) is 3. The highest BCUT2D eigenvalue weighted by atomic mass is 19.4. The summed E-state index contributed by atoms with van der Waals surface area (Å²) >= 11 is 0. The average Bonchev–Trinajstić information content (AvgIpc) is 2.67. The van der Waals surface area contributed by atoms with Gasteiger partial charge >= 0.3 is 6.18 Å². The van der Waals surface area contributed by atoms with Crippen LogP contribution < -0.4 is 26.4 Å². The predicted octanol–water partition coefficient (Wildman–Crippen LogP) is 3.27. The van der Waals surface area contributed by atoms with Crippen LogP contribution in [0.4, 0.5) is 24.5 Å². The van der Waals surface area contributed by atoms with Crippen LogP contribution in [0.1, 0.15) is 22.3 Å². The van der Waals surface area contributed by atoms with Crippen LogP contribution in [0.2, 0.25) is 0 Å². The number of methoxy groups -OCH3 is 1.